The highest BCUT2D eigenvalue weighted by molar-refractivity contribution is 5.39. The summed E-state index contributed by atoms with van der Waals surface area (Å²) < 4.78 is 8.13. The maximum Gasteiger partial charge on any atom is 0.142 e. The number of nitrogens with one attached hydrogen (secondary N) is 1. The molecule has 2 aromatic rings. The van der Waals surface area contributed by atoms with Gasteiger partial charge < -0.3 is 10.1 Å². The van der Waals surface area contributed by atoms with Crippen molar-refractivity contribution in [3.05, 3.63) is 41.9 Å². The summed E-state index contributed by atoms with van der Waals surface area (Å²) in [6.07, 6.45) is 7.23. The van der Waals surface area contributed by atoms with Gasteiger partial charge in [-0.1, -0.05) is 6.07 Å². The molecule has 0 aliphatic carbocycles. The minimum atomic E-state index is -0.0784. The predicted octanol–water partition coefficient (Wildman–Crippen LogP) is 1.92. The van der Waals surface area contributed by atoms with E-state index < -0.39 is 0 Å². The molecule has 2 aromatic heterocycles. The van der Waals surface area contributed by atoms with Crippen molar-refractivity contribution in [3.63, 3.8) is 0 Å². The van der Waals surface area contributed by atoms with Crippen LogP contribution < -0.4 is 5.32 Å². The smallest absolute Gasteiger partial charge is 0.142 e. The van der Waals surface area contributed by atoms with E-state index in [0.29, 0.717) is 12.3 Å². The first-order valence-electron chi connectivity index (χ1n) is 9.12. The maximum absolute atomic E-state index is 9.00. The number of aryl methyl sites for hydroxylation is 1. The molecule has 0 unspecified atom stereocenters. The second-order valence-electron chi connectivity index (χ2n) is 7.40. The van der Waals surface area contributed by atoms with E-state index in [9.17, 15) is 0 Å². The quantitative estimate of drug-likeness (QED) is 0.906. The Labute approximate surface area is 153 Å². The summed E-state index contributed by atoms with van der Waals surface area (Å²) in [7, 11) is 1.95. The van der Waals surface area contributed by atoms with Gasteiger partial charge in [0.15, 0.2) is 0 Å². The number of aromatic nitrogens is 3. The predicted molar refractivity (Wildman–Crippen MR) is 97.4 cm³/mol. The molecule has 0 radical (unpaired) electrons. The van der Waals surface area contributed by atoms with E-state index in [-0.39, 0.29) is 11.6 Å². The van der Waals surface area contributed by atoms with E-state index in [4.69, 9.17) is 10.00 Å². The molecule has 1 N–H and O–H groups in total. The molecule has 1 spiro atoms. The number of pyridine rings is 1. The normalized spacial score (nSPS) is 26.1. The fraction of sp³-hybridized carbons (Fsp3) is 0.526. The highest BCUT2D eigenvalue weighted by Gasteiger charge is 2.43. The fourth-order valence-electron chi connectivity index (χ4n) is 4.15. The summed E-state index contributed by atoms with van der Waals surface area (Å²) in [6.45, 7) is 3.65. The number of rotatable bonds is 4. The highest BCUT2D eigenvalue weighted by atomic mass is 16.5. The van der Waals surface area contributed by atoms with Crippen LogP contribution in [0.15, 0.2) is 30.6 Å². The summed E-state index contributed by atoms with van der Waals surface area (Å²) in [6, 6.07) is 7.79. The highest BCUT2D eigenvalue weighted by Crippen LogP contribution is 2.36. The summed E-state index contributed by atoms with van der Waals surface area (Å²) in [5.41, 5.74) is 1.60. The first-order chi connectivity index (χ1) is 12.6. The second-order valence-corrected chi connectivity index (χ2v) is 7.40. The van der Waals surface area contributed by atoms with Gasteiger partial charge in [-0.25, -0.2) is 4.98 Å². The summed E-state index contributed by atoms with van der Waals surface area (Å²) in [5.74, 6) is 0.748. The van der Waals surface area contributed by atoms with Gasteiger partial charge in [0.1, 0.15) is 17.6 Å². The van der Waals surface area contributed by atoms with Crippen LogP contribution in [-0.4, -0.2) is 51.0 Å². The zero-order chi connectivity index (χ0) is 18.0. The average molecular weight is 352 g/mol. The molecule has 2 aliphatic heterocycles. The SMILES string of the molecule is Cn1cc(CN2CCC[C@]3(C[C@H](Nc4cccc(C#N)n4)CO3)C2)cn1. The molecule has 2 aliphatic rings. The number of nitriles is 1. The number of nitrogens with zero attached hydrogens (tertiary/aromatic N) is 5. The monoisotopic (exact) mass is 352 g/mol. The maximum atomic E-state index is 9.00. The molecule has 26 heavy (non-hydrogen) atoms. The van der Waals surface area contributed by atoms with Crippen LogP contribution in [0.2, 0.25) is 0 Å². The molecule has 4 rings (SSSR count). The van der Waals surface area contributed by atoms with Gasteiger partial charge in [-0.2, -0.15) is 10.4 Å². The van der Waals surface area contributed by atoms with Crippen LogP contribution in [0.5, 0.6) is 0 Å². The minimum Gasteiger partial charge on any atom is -0.371 e. The first kappa shape index (κ1) is 17.0. The van der Waals surface area contributed by atoms with Gasteiger partial charge in [0.05, 0.1) is 24.4 Å². The number of anilines is 1. The van der Waals surface area contributed by atoms with Gasteiger partial charge in [-0.3, -0.25) is 9.58 Å². The van der Waals surface area contributed by atoms with Crippen LogP contribution in [0.4, 0.5) is 5.82 Å². The van der Waals surface area contributed by atoms with Crippen LogP contribution in [0.25, 0.3) is 0 Å². The molecule has 7 heteroatoms. The van der Waals surface area contributed by atoms with E-state index >= 15 is 0 Å². The molecule has 2 atom stereocenters. The van der Waals surface area contributed by atoms with Gasteiger partial charge in [0.2, 0.25) is 0 Å². The fourth-order valence-corrected chi connectivity index (χ4v) is 4.15. The van der Waals surface area contributed by atoms with Gasteiger partial charge >= 0.3 is 0 Å². The Bertz CT molecular complexity index is 812. The van der Waals surface area contributed by atoms with Crippen LogP contribution in [0, 0.1) is 11.3 Å². The lowest BCUT2D eigenvalue weighted by Gasteiger charge is -2.39. The van der Waals surface area contributed by atoms with Crippen molar-refractivity contribution in [3.8, 4) is 6.07 Å². The van der Waals surface area contributed by atoms with Crippen molar-refractivity contribution < 1.29 is 4.74 Å². The van der Waals surface area contributed by atoms with Crippen molar-refractivity contribution in [2.45, 2.75) is 37.5 Å². The lowest BCUT2D eigenvalue weighted by Crippen LogP contribution is -2.47. The van der Waals surface area contributed by atoms with E-state index in [1.165, 1.54) is 5.56 Å². The molecule has 136 valence electrons. The standard InChI is InChI=1S/C19H24N6O/c1-24-11-15(10-21-24)12-25-7-3-6-19(14-25)8-17(13-26-19)23-18-5-2-4-16(9-20)22-18/h2,4-5,10-11,17H,3,6-8,12-14H2,1H3,(H,22,23)/t17-,19-/m0/s1. The van der Waals surface area contributed by atoms with E-state index in [1.807, 2.05) is 30.1 Å². The second kappa shape index (κ2) is 7.06. The zero-order valence-corrected chi connectivity index (χ0v) is 15.1. The van der Waals surface area contributed by atoms with Crippen molar-refractivity contribution in [1.29, 1.82) is 5.26 Å². The molecule has 0 saturated carbocycles. The molecule has 0 bridgehead atoms. The number of piperidine rings is 1. The molecule has 0 aromatic carbocycles. The number of ether oxygens (including phenoxy) is 1. The minimum absolute atomic E-state index is 0.0784. The van der Waals surface area contributed by atoms with Crippen LogP contribution >= 0.6 is 0 Å². The van der Waals surface area contributed by atoms with Crippen molar-refractivity contribution >= 4 is 5.82 Å². The lowest BCUT2D eigenvalue weighted by atomic mass is 9.88. The van der Waals surface area contributed by atoms with Gasteiger partial charge in [0, 0.05) is 38.3 Å². The largest absolute Gasteiger partial charge is 0.371 e. The Morgan fingerprint density at radius 1 is 1.46 bits per heavy atom. The Kier molecular flexibility index (Phi) is 4.62. The van der Waals surface area contributed by atoms with Gasteiger partial charge in [-0.15, -0.1) is 0 Å². The van der Waals surface area contributed by atoms with E-state index in [2.05, 4.69) is 32.6 Å². The molecular formula is C19H24N6O. The number of likely N-dealkylation sites (tertiary alicyclic amines) is 1. The zero-order valence-electron chi connectivity index (χ0n) is 15.1. The van der Waals surface area contributed by atoms with E-state index in [0.717, 1.165) is 44.7 Å². The third-order valence-electron chi connectivity index (χ3n) is 5.21. The number of hydrogen-bond donors (Lipinski definition) is 1. The third-order valence-corrected chi connectivity index (χ3v) is 5.21. The van der Waals surface area contributed by atoms with E-state index in [1.54, 1.807) is 6.07 Å². The first-order valence-corrected chi connectivity index (χ1v) is 9.12. The topological polar surface area (TPSA) is 79.0 Å². The van der Waals surface area contributed by atoms with Crippen molar-refractivity contribution in [2.75, 3.05) is 25.0 Å². The lowest BCUT2D eigenvalue weighted by molar-refractivity contribution is -0.0533. The van der Waals surface area contributed by atoms with Crippen LogP contribution in [0.1, 0.15) is 30.5 Å². The summed E-state index contributed by atoms with van der Waals surface area (Å²) in [5, 5.41) is 16.7. The molecule has 7 nitrogen and oxygen atoms in total. The molecule has 0 amide bonds. The number of hydrogen-bond acceptors (Lipinski definition) is 6. The summed E-state index contributed by atoms with van der Waals surface area (Å²) >= 11 is 0. The van der Waals surface area contributed by atoms with Crippen LogP contribution in [0.3, 0.4) is 0 Å². The van der Waals surface area contributed by atoms with Gasteiger partial charge in [0.25, 0.3) is 0 Å². The Morgan fingerprint density at radius 3 is 3.19 bits per heavy atom. The summed E-state index contributed by atoms with van der Waals surface area (Å²) in [4.78, 5) is 6.78. The Balaban J connectivity index is 1.37. The third kappa shape index (κ3) is 3.71. The molecule has 2 fully saturated rings. The van der Waals surface area contributed by atoms with Crippen molar-refractivity contribution in [2.24, 2.45) is 7.05 Å². The van der Waals surface area contributed by atoms with Crippen LogP contribution in [-0.2, 0) is 18.3 Å². The molecule has 2 saturated heterocycles. The molecular weight excluding hydrogens is 328 g/mol. The van der Waals surface area contributed by atoms with Crippen molar-refractivity contribution in [1.82, 2.24) is 19.7 Å². The Hall–Kier alpha value is -2.43. The molecule has 4 heterocycles. The average Bonchev–Trinajstić information content (AvgIpc) is 3.21. The Morgan fingerprint density at radius 2 is 2.38 bits per heavy atom. The van der Waals surface area contributed by atoms with Gasteiger partial charge in [-0.05, 0) is 31.5 Å².